The molecule has 1 aliphatic carbocycles. The number of nitrogens with zero attached hydrogens (tertiary/aromatic N) is 2. The molecule has 0 radical (unpaired) electrons. The number of fused-ring (bicyclic) bond motifs is 1. The number of nitrogens with one attached hydrogen (secondary N) is 1. The van der Waals surface area contributed by atoms with Crippen molar-refractivity contribution in [3.8, 4) is 0 Å². The molecule has 128 valence electrons. The van der Waals surface area contributed by atoms with Crippen LogP contribution >= 0.6 is 23.8 Å². The van der Waals surface area contributed by atoms with Gasteiger partial charge in [-0.05, 0) is 38.4 Å². The quantitative estimate of drug-likeness (QED) is 0.658. The van der Waals surface area contributed by atoms with Crippen molar-refractivity contribution in [2.45, 2.75) is 45.1 Å². The summed E-state index contributed by atoms with van der Waals surface area (Å²) < 4.78 is 6.92. The number of pyridine rings is 1. The van der Waals surface area contributed by atoms with E-state index in [1.807, 2.05) is 13.8 Å². The van der Waals surface area contributed by atoms with Gasteiger partial charge in [0, 0.05) is 12.0 Å². The molecule has 1 aliphatic rings. The Hall–Kier alpha value is -1.73. The molecule has 3 rings (SSSR count). The summed E-state index contributed by atoms with van der Waals surface area (Å²) in [5, 5.41) is 0.334. The van der Waals surface area contributed by atoms with Crippen molar-refractivity contribution in [1.29, 1.82) is 0 Å². The maximum atomic E-state index is 12.5. The Morgan fingerprint density at radius 1 is 1.54 bits per heavy atom. The van der Waals surface area contributed by atoms with E-state index in [1.165, 1.54) is 7.11 Å². The predicted octanol–water partition coefficient (Wildman–Crippen LogP) is 3.74. The fourth-order valence-corrected chi connectivity index (χ4v) is 3.51. The third-order valence-electron chi connectivity index (χ3n) is 4.42. The summed E-state index contributed by atoms with van der Waals surface area (Å²) in [6, 6.07) is 0.0167. The van der Waals surface area contributed by atoms with Crippen LogP contribution in [0.2, 0.25) is 5.02 Å². The number of carbonyl (C=O) groups is 1. The lowest BCUT2D eigenvalue weighted by atomic mass is 10.1. The molecule has 24 heavy (non-hydrogen) atoms. The van der Waals surface area contributed by atoms with Gasteiger partial charge in [-0.2, -0.15) is 0 Å². The van der Waals surface area contributed by atoms with Crippen LogP contribution < -0.4 is 5.56 Å². The van der Waals surface area contributed by atoms with Crippen LogP contribution in [-0.2, 0) is 4.74 Å². The molecular formula is C16H18ClN3O3S. The molecule has 1 N–H and O–H groups in total. The molecule has 0 spiro atoms. The zero-order chi connectivity index (χ0) is 17.6. The monoisotopic (exact) mass is 367 g/mol. The van der Waals surface area contributed by atoms with Gasteiger partial charge in [0.1, 0.15) is 5.65 Å². The van der Waals surface area contributed by atoms with Crippen LogP contribution in [0.4, 0.5) is 0 Å². The molecule has 0 amide bonds. The molecule has 2 aromatic rings. The number of rotatable bonds is 4. The summed E-state index contributed by atoms with van der Waals surface area (Å²) in [4.78, 5) is 32.1. The first-order valence-corrected chi connectivity index (χ1v) is 8.65. The summed E-state index contributed by atoms with van der Waals surface area (Å²) in [5.41, 5.74) is 0.623. The number of ether oxygens (including phenoxy) is 1. The Kier molecular flexibility index (Phi) is 4.48. The van der Waals surface area contributed by atoms with Crippen molar-refractivity contribution < 1.29 is 9.53 Å². The van der Waals surface area contributed by atoms with Crippen LogP contribution in [0.15, 0.2) is 4.79 Å². The molecule has 2 aromatic heterocycles. The number of hydrogen-bond acceptors (Lipinski definition) is 5. The molecule has 0 bridgehead atoms. The molecule has 0 saturated heterocycles. The highest BCUT2D eigenvalue weighted by Crippen LogP contribution is 2.44. The molecule has 0 aromatic carbocycles. The average Bonchev–Trinajstić information content (AvgIpc) is 3.38. The summed E-state index contributed by atoms with van der Waals surface area (Å²) in [7, 11) is 1.26. The van der Waals surface area contributed by atoms with Crippen LogP contribution in [0.5, 0.6) is 0 Å². The second-order valence-corrected chi connectivity index (χ2v) is 6.80. The minimum Gasteiger partial charge on any atom is -0.465 e. The molecule has 6 nitrogen and oxygen atoms in total. The summed E-state index contributed by atoms with van der Waals surface area (Å²) in [6.45, 7) is 4.00. The van der Waals surface area contributed by atoms with E-state index < -0.39 is 11.5 Å². The van der Waals surface area contributed by atoms with E-state index in [0.717, 1.165) is 19.3 Å². The number of carbonyl (C=O) groups excluding carboxylic acids is 1. The Bertz CT molecular complexity index is 946. The van der Waals surface area contributed by atoms with Gasteiger partial charge in [-0.25, -0.2) is 9.78 Å². The van der Waals surface area contributed by atoms with Gasteiger partial charge in [0.15, 0.2) is 4.77 Å². The van der Waals surface area contributed by atoms with Crippen molar-refractivity contribution in [2.24, 2.45) is 0 Å². The summed E-state index contributed by atoms with van der Waals surface area (Å²) in [5.74, 6) is -0.434. The minimum absolute atomic E-state index is 0.0167. The lowest BCUT2D eigenvalue weighted by Crippen LogP contribution is -2.22. The Morgan fingerprint density at radius 3 is 2.75 bits per heavy atom. The van der Waals surface area contributed by atoms with E-state index in [0.29, 0.717) is 11.3 Å². The molecule has 1 atom stereocenters. The lowest BCUT2D eigenvalue weighted by Gasteiger charge is -2.19. The summed E-state index contributed by atoms with van der Waals surface area (Å²) >= 11 is 11.7. The maximum absolute atomic E-state index is 12.5. The van der Waals surface area contributed by atoms with E-state index in [2.05, 4.69) is 9.97 Å². The van der Waals surface area contributed by atoms with Gasteiger partial charge in [0.25, 0.3) is 5.56 Å². The van der Waals surface area contributed by atoms with E-state index in [-0.39, 0.29) is 32.7 Å². The molecule has 1 saturated carbocycles. The molecule has 0 aliphatic heterocycles. The van der Waals surface area contributed by atoms with E-state index in [9.17, 15) is 9.59 Å². The molecular weight excluding hydrogens is 350 g/mol. The minimum atomic E-state index is -0.646. The summed E-state index contributed by atoms with van der Waals surface area (Å²) in [6.07, 6.45) is 2.73. The first-order chi connectivity index (χ1) is 11.4. The van der Waals surface area contributed by atoms with Gasteiger partial charge in [-0.15, -0.1) is 0 Å². The van der Waals surface area contributed by atoms with E-state index in [1.54, 1.807) is 4.57 Å². The number of esters is 1. The fraction of sp³-hybridized carbons (Fsp3) is 0.500. The molecule has 0 unspecified atom stereocenters. The van der Waals surface area contributed by atoms with Crippen LogP contribution in [-0.4, -0.2) is 27.6 Å². The average molecular weight is 368 g/mol. The number of H-pyrrole nitrogens is 1. The van der Waals surface area contributed by atoms with Gasteiger partial charge in [-0.1, -0.05) is 18.5 Å². The second-order valence-electron chi connectivity index (χ2n) is 6.04. The molecule has 2 heterocycles. The van der Waals surface area contributed by atoms with Crippen LogP contribution in [0.25, 0.3) is 11.0 Å². The second kappa shape index (κ2) is 6.29. The van der Waals surface area contributed by atoms with E-state index in [4.69, 9.17) is 28.6 Å². The number of aromatic nitrogens is 3. The molecule has 1 fully saturated rings. The smallest absolute Gasteiger partial charge is 0.340 e. The predicted molar refractivity (Wildman–Crippen MR) is 94.5 cm³/mol. The number of hydrogen-bond donors (Lipinski definition) is 1. The maximum Gasteiger partial charge on any atom is 0.340 e. The topological polar surface area (TPSA) is 77.0 Å². The van der Waals surface area contributed by atoms with Gasteiger partial charge in [0.2, 0.25) is 0 Å². The van der Waals surface area contributed by atoms with Gasteiger partial charge in [-0.3, -0.25) is 14.3 Å². The third kappa shape index (κ3) is 2.65. The largest absolute Gasteiger partial charge is 0.465 e. The Morgan fingerprint density at radius 2 is 2.21 bits per heavy atom. The number of halogens is 1. The highest BCUT2D eigenvalue weighted by atomic mass is 35.5. The van der Waals surface area contributed by atoms with Crippen molar-refractivity contribution in [2.75, 3.05) is 7.11 Å². The first kappa shape index (κ1) is 17.1. The normalized spacial score (nSPS) is 15.5. The van der Waals surface area contributed by atoms with Crippen LogP contribution in [0, 0.1) is 4.77 Å². The SMILES string of the molecule is CC[C@@H](C)n1c(=S)[nH]c(=O)c2c(C(=O)OC)c(Cl)c(C3CC3)nc21. The Labute approximate surface area is 148 Å². The Balaban J connectivity index is 2.52. The first-order valence-electron chi connectivity index (χ1n) is 7.86. The zero-order valence-corrected chi connectivity index (χ0v) is 15.3. The molecule has 8 heteroatoms. The van der Waals surface area contributed by atoms with Crippen molar-refractivity contribution in [3.05, 3.63) is 31.4 Å². The van der Waals surface area contributed by atoms with Gasteiger partial charge < -0.3 is 4.74 Å². The van der Waals surface area contributed by atoms with Gasteiger partial charge >= 0.3 is 5.97 Å². The standard InChI is InChI=1S/C16H18ClN3O3S/c1-4-7(2)20-13-10(14(21)19-16(20)24)9(15(22)23-3)11(17)12(18-13)8-5-6-8/h7-8H,4-6H2,1-3H3,(H,19,21,24)/t7-/m1/s1. The van der Waals surface area contributed by atoms with Crippen molar-refractivity contribution in [1.82, 2.24) is 14.5 Å². The van der Waals surface area contributed by atoms with Crippen LogP contribution in [0.3, 0.4) is 0 Å². The van der Waals surface area contributed by atoms with E-state index >= 15 is 0 Å². The van der Waals surface area contributed by atoms with Crippen LogP contribution in [0.1, 0.15) is 61.1 Å². The highest BCUT2D eigenvalue weighted by Gasteiger charge is 2.33. The number of aromatic amines is 1. The third-order valence-corrected chi connectivity index (χ3v) is 5.11. The fourth-order valence-electron chi connectivity index (χ4n) is 2.79. The van der Waals surface area contributed by atoms with Crippen molar-refractivity contribution in [3.63, 3.8) is 0 Å². The lowest BCUT2D eigenvalue weighted by molar-refractivity contribution is 0.0603. The number of methoxy groups -OCH3 is 1. The van der Waals surface area contributed by atoms with Gasteiger partial charge in [0.05, 0.1) is 28.8 Å². The highest BCUT2D eigenvalue weighted by molar-refractivity contribution is 7.71. The zero-order valence-electron chi connectivity index (χ0n) is 13.7. The van der Waals surface area contributed by atoms with Crippen molar-refractivity contribution >= 4 is 40.8 Å².